The first-order valence-electron chi connectivity index (χ1n) is 6.60. The molecule has 2 aromatic rings. The van der Waals surface area contributed by atoms with Gasteiger partial charge in [0.25, 0.3) is 0 Å². The van der Waals surface area contributed by atoms with Crippen LogP contribution in [0.25, 0.3) is 0 Å². The fourth-order valence-electron chi connectivity index (χ4n) is 2.44. The second-order valence-corrected chi connectivity index (χ2v) is 7.31. The summed E-state index contributed by atoms with van der Waals surface area (Å²) in [5.41, 5.74) is 5.54. The molecule has 0 aliphatic carbocycles. The first-order chi connectivity index (χ1) is 9.86. The summed E-state index contributed by atoms with van der Waals surface area (Å²) in [6, 6.07) is 8.19. The standard InChI is InChI=1S/C17H17Br2ClO/c1-9-5-6-12(14(20)7-9)16(19)15-11(3)13(18)8-10(2)17(15)21-4/h5-8,16H,1-4H3. The van der Waals surface area contributed by atoms with Gasteiger partial charge in [-0.05, 0) is 55.2 Å². The second kappa shape index (κ2) is 6.72. The largest absolute Gasteiger partial charge is 0.496 e. The van der Waals surface area contributed by atoms with Crippen molar-refractivity contribution in [3.05, 3.63) is 61.6 Å². The number of alkyl halides is 1. The Hall–Kier alpha value is -0.510. The normalized spacial score (nSPS) is 12.3. The van der Waals surface area contributed by atoms with E-state index in [9.17, 15) is 0 Å². The first kappa shape index (κ1) is 16.9. The number of aryl methyl sites for hydroxylation is 2. The SMILES string of the molecule is COc1c(C)cc(Br)c(C)c1C(Br)c1ccc(C)cc1Cl. The van der Waals surface area contributed by atoms with Crippen LogP contribution in [0.2, 0.25) is 5.02 Å². The van der Waals surface area contributed by atoms with E-state index in [4.69, 9.17) is 16.3 Å². The van der Waals surface area contributed by atoms with E-state index in [2.05, 4.69) is 57.0 Å². The Morgan fingerprint density at radius 2 is 1.81 bits per heavy atom. The molecule has 0 saturated carbocycles. The summed E-state index contributed by atoms with van der Waals surface area (Å²) in [5, 5.41) is 0.760. The monoisotopic (exact) mass is 430 g/mol. The minimum absolute atomic E-state index is 0.0169. The molecule has 0 aromatic heterocycles. The zero-order chi connectivity index (χ0) is 15.7. The summed E-state index contributed by atoms with van der Waals surface area (Å²) in [6.45, 7) is 6.16. The van der Waals surface area contributed by atoms with E-state index < -0.39 is 0 Å². The zero-order valence-electron chi connectivity index (χ0n) is 12.4. The second-order valence-electron chi connectivity index (χ2n) is 5.13. The van der Waals surface area contributed by atoms with E-state index >= 15 is 0 Å². The van der Waals surface area contributed by atoms with Crippen molar-refractivity contribution >= 4 is 43.5 Å². The molecule has 4 heteroatoms. The van der Waals surface area contributed by atoms with Gasteiger partial charge in [0.1, 0.15) is 5.75 Å². The van der Waals surface area contributed by atoms with Gasteiger partial charge >= 0.3 is 0 Å². The number of hydrogen-bond donors (Lipinski definition) is 0. The molecule has 0 radical (unpaired) electrons. The number of hydrogen-bond acceptors (Lipinski definition) is 1. The highest BCUT2D eigenvalue weighted by Gasteiger charge is 2.23. The highest BCUT2D eigenvalue weighted by atomic mass is 79.9. The van der Waals surface area contributed by atoms with Crippen molar-refractivity contribution in [2.75, 3.05) is 7.11 Å². The van der Waals surface area contributed by atoms with Gasteiger partial charge in [0.05, 0.1) is 11.9 Å². The molecule has 2 rings (SSSR count). The van der Waals surface area contributed by atoms with Gasteiger partial charge in [-0.1, -0.05) is 55.6 Å². The minimum atomic E-state index is -0.0169. The number of rotatable bonds is 3. The average Bonchev–Trinajstić information content (AvgIpc) is 2.41. The highest BCUT2D eigenvalue weighted by molar-refractivity contribution is 9.10. The molecule has 0 fully saturated rings. The van der Waals surface area contributed by atoms with Gasteiger partial charge in [0.2, 0.25) is 0 Å². The average molecular weight is 433 g/mol. The maximum Gasteiger partial charge on any atom is 0.126 e. The number of halogens is 3. The first-order valence-corrected chi connectivity index (χ1v) is 8.69. The molecule has 0 aliphatic rings. The molecule has 0 heterocycles. The van der Waals surface area contributed by atoms with Crippen molar-refractivity contribution in [3.63, 3.8) is 0 Å². The molecular formula is C17H17Br2ClO. The van der Waals surface area contributed by atoms with Crippen molar-refractivity contribution in [2.45, 2.75) is 25.6 Å². The van der Waals surface area contributed by atoms with Gasteiger partial charge in [0.15, 0.2) is 0 Å². The molecule has 1 nitrogen and oxygen atoms in total. The lowest BCUT2D eigenvalue weighted by atomic mass is 9.96. The van der Waals surface area contributed by atoms with Gasteiger partial charge in [-0.2, -0.15) is 0 Å². The predicted octanol–water partition coefficient (Wildman–Crippen LogP) is 6.52. The van der Waals surface area contributed by atoms with Crippen molar-refractivity contribution in [1.82, 2.24) is 0 Å². The van der Waals surface area contributed by atoms with E-state index in [1.165, 1.54) is 0 Å². The van der Waals surface area contributed by atoms with E-state index in [1.54, 1.807) is 7.11 Å². The third-order valence-electron chi connectivity index (χ3n) is 3.59. The quantitative estimate of drug-likeness (QED) is 0.502. The smallest absolute Gasteiger partial charge is 0.126 e. The molecule has 1 atom stereocenters. The maximum atomic E-state index is 6.42. The van der Waals surface area contributed by atoms with E-state index in [0.717, 1.165) is 43.1 Å². The van der Waals surface area contributed by atoms with Crippen LogP contribution >= 0.6 is 43.5 Å². The molecule has 0 saturated heterocycles. The molecule has 112 valence electrons. The Kier molecular flexibility index (Phi) is 5.39. The topological polar surface area (TPSA) is 9.23 Å². The molecular weight excluding hydrogens is 415 g/mol. The molecule has 2 aromatic carbocycles. The Morgan fingerprint density at radius 3 is 2.38 bits per heavy atom. The van der Waals surface area contributed by atoms with Crippen LogP contribution in [0.4, 0.5) is 0 Å². The lowest BCUT2D eigenvalue weighted by molar-refractivity contribution is 0.406. The lowest BCUT2D eigenvalue weighted by Crippen LogP contribution is -2.03. The Labute approximate surface area is 147 Å². The van der Waals surface area contributed by atoms with Crippen LogP contribution in [0.5, 0.6) is 5.75 Å². The van der Waals surface area contributed by atoms with Crippen LogP contribution in [0, 0.1) is 20.8 Å². The summed E-state index contributed by atoms with van der Waals surface area (Å²) in [4.78, 5) is -0.0169. The van der Waals surface area contributed by atoms with Crippen LogP contribution in [0.15, 0.2) is 28.7 Å². The van der Waals surface area contributed by atoms with Crippen LogP contribution in [0.1, 0.15) is 32.6 Å². The van der Waals surface area contributed by atoms with Crippen molar-refractivity contribution in [1.29, 1.82) is 0 Å². The summed E-state index contributed by atoms with van der Waals surface area (Å²) in [7, 11) is 1.70. The van der Waals surface area contributed by atoms with Crippen LogP contribution < -0.4 is 4.74 Å². The molecule has 0 N–H and O–H groups in total. The molecule has 0 aliphatic heterocycles. The fraction of sp³-hybridized carbons (Fsp3) is 0.294. The van der Waals surface area contributed by atoms with Crippen LogP contribution in [0.3, 0.4) is 0 Å². The molecule has 0 amide bonds. The van der Waals surface area contributed by atoms with Gasteiger partial charge in [-0.3, -0.25) is 0 Å². The maximum absolute atomic E-state index is 6.42. The zero-order valence-corrected chi connectivity index (χ0v) is 16.4. The summed E-state index contributed by atoms with van der Waals surface area (Å²) < 4.78 is 6.70. The molecule has 1 unspecified atom stereocenters. The Morgan fingerprint density at radius 1 is 1.14 bits per heavy atom. The van der Waals surface area contributed by atoms with Crippen molar-refractivity contribution in [2.24, 2.45) is 0 Å². The number of ether oxygens (including phenoxy) is 1. The summed E-state index contributed by atoms with van der Waals surface area (Å²) >= 11 is 13.8. The van der Waals surface area contributed by atoms with E-state index in [-0.39, 0.29) is 4.83 Å². The summed E-state index contributed by atoms with van der Waals surface area (Å²) in [6.07, 6.45) is 0. The predicted molar refractivity (Wildman–Crippen MR) is 97.1 cm³/mol. The van der Waals surface area contributed by atoms with Gasteiger partial charge < -0.3 is 4.74 Å². The van der Waals surface area contributed by atoms with Gasteiger partial charge in [-0.15, -0.1) is 0 Å². The highest BCUT2D eigenvalue weighted by Crippen LogP contribution is 2.44. The molecule has 21 heavy (non-hydrogen) atoms. The fourth-order valence-corrected chi connectivity index (χ4v) is 4.43. The molecule has 0 bridgehead atoms. The van der Waals surface area contributed by atoms with E-state index in [1.807, 2.05) is 19.9 Å². The lowest BCUT2D eigenvalue weighted by Gasteiger charge is -2.21. The van der Waals surface area contributed by atoms with Gasteiger partial charge in [0, 0.05) is 15.1 Å². The Bertz CT molecular complexity index is 683. The molecule has 0 spiro atoms. The van der Waals surface area contributed by atoms with Crippen molar-refractivity contribution < 1.29 is 4.74 Å². The van der Waals surface area contributed by atoms with E-state index in [0.29, 0.717) is 0 Å². The third kappa shape index (κ3) is 3.30. The summed E-state index contributed by atoms with van der Waals surface area (Å²) in [5.74, 6) is 0.897. The minimum Gasteiger partial charge on any atom is -0.496 e. The Balaban J connectivity index is 2.65. The van der Waals surface area contributed by atoms with Crippen LogP contribution in [-0.2, 0) is 0 Å². The number of benzene rings is 2. The van der Waals surface area contributed by atoms with Crippen LogP contribution in [-0.4, -0.2) is 7.11 Å². The van der Waals surface area contributed by atoms with Gasteiger partial charge in [-0.25, -0.2) is 0 Å². The third-order valence-corrected chi connectivity index (χ3v) is 5.70. The number of methoxy groups -OCH3 is 1. The van der Waals surface area contributed by atoms with Crippen molar-refractivity contribution in [3.8, 4) is 5.75 Å².